The molecule has 1 N–H and O–H groups in total. The van der Waals surface area contributed by atoms with Crippen LogP contribution in [-0.2, 0) is 6.54 Å². The molecule has 2 fully saturated rings. The molecule has 0 radical (unpaired) electrons. The third kappa shape index (κ3) is 3.23. The van der Waals surface area contributed by atoms with Gasteiger partial charge in [0, 0.05) is 36.2 Å². The van der Waals surface area contributed by atoms with Crippen molar-refractivity contribution in [2.24, 2.45) is 5.92 Å². The van der Waals surface area contributed by atoms with Gasteiger partial charge in [-0.05, 0) is 45.4 Å². The first-order valence-electron chi connectivity index (χ1n) is 7.17. The van der Waals surface area contributed by atoms with Gasteiger partial charge in [0.15, 0.2) is 5.13 Å². The first kappa shape index (κ1) is 12.4. The molecule has 2 saturated carbocycles. The van der Waals surface area contributed by atoms with Gasteiger partial charge >= 0.3 is 0 Å². The predicted octanol–water partition coefficient (Wildman–Crippen LogP) is 3.02. The van der Waals surface area contributed by atoms with E-state index in [1.165, 1.54) is 42.2 Å². The van der Waals surface area contributed by atoms with Crippen molar-refractivity contribution in [3.8, 4) is 0 Å². The number of anilines is 1. The molecule has 0 spiro atoms. The first-order chi connectivity index (χ1) is 8.72. The minimum atomic E-state index is 0.556. The highest BCUT2D eigenvalue weighted by Crippen LogP contribution is 2.33. The zero-order chi connectivity index (χ0) is 12.5. The van der Waals surface area contributed by atoms with E-state index < -0.39 is 0 Å². The third-order valence-electron chi connectivity index (χ3n) is 3.70. The van der Waals surface area contributed by atoms with Crippen molar-refractivity contribution in [1.29, 1.82) is 0 Å². The summed E-state index contributed by atoms with van der Waals surface area (Å²) in [6.07, 6.45) is 7.57. The molecule has 0 aliphatic heterocycles. The number of thiazole rings is 1. The van der Waals surface area contributed by atoms with Crippen LogP contribution in [0.5, 0.6) is 0 Å². The molecule has 0 aromatic carbocycles. The van der Waals surface area contributed by atoms with Gasteiger partial charge < -0.3 is 10.2 Å². The van der Waals surface area contributed by atoms with Gasteiger partial charge in [0.25, 0.3) is 0 Å². The molecule has 18 heavy (non-hydrogen) atoms. The Labute approximate surface area is 114 Å². The van der Waals surface area contributed by atoms with Gasteiger partial charge in [0.2, 0.25) is 0 Å². The Hall–Kier alpha value is -0.610. The normalized spacial score (nSPS) is 19.5. The van der Waals surface area contributed by atoms with Crippen LogP contribution in [0.25, 0.3) is 0 Å². The van der Waals surface area contributed by atoms with Gasteiger partial charge in [-0.25, -0.2) is 4.98 Å². The fourth-order valence-electron chi connectivity index (χ4n) is 2.13. The Morgan fingerprint density at radius 1 is 1.39 bits per heavy atom. The fourth-order valence-corrected chi connectivity index (χ4v) is 3.14. The summed E-state index contributed by atoms with van der Waals surface area (Å²) in [6.45, 7) is 6.73. The third-order valence-corrected chi connectivity index (χ3v) is 4.74. The Kier molecular flexibility index (Phi) is 3.57. The molecule has 0 amide bonds. The summed E-state index contributed by atoms with van der Waals surface area (Å²) >= 11 is 1.86. The Balaban J connectivity index is 1.60. The SMILES string of the molecule is CC(C)N(CC1CC1)c1ncc(CNC2CC2)s1. The van der Waals surface area contributed by atoms with E-state index in [2.05, 4.69) is 35.2 Å². The molecular weight excluding hydrogens is 242 g/mol. The lowest BCUT2D eigenvalue weighted by atomic mass is 10.3. The van der Waals surface area contributed by atoms with Gasteiger partial charge in [0.05, 0.1) is 0 Å². The summed E-state index contributed by atoms with van der Waals surface area (Å²) in [5.74, 6) is 0.921. The maximum absolute atomic E-state index is 4.62. The van der Waals surface area contributed by atoms with Crippen LogP contribution in [0.3, 0.4) is 0 Å². The summed E-state index contributed by atoms with van der Waals surface area (Å²) in [7, 11) is 0. The van der Waals surface area contributed by atoms with Crippen molar-refractivity contribution < 1.29 is 0 Å². The van der Waals surface area contributed by atoms with Crippen LogP contribution in [0, 0.1) is 5.92 Å². The summed E-state index contributed by atoms with van der Waals surface area (Å²) < 4.78 is 0. The average Bonchev–Trinajstić information content (AvgIpc) is 3.25. The molecule has 1 aromatic rings. The van der Waals surface area contributed by atoms with Gasteiger partial charge in [-0.1, -0.05) is 0 Å². The lowest BCUT2D eigenvalue weighted by Crippen LogP contribution is -2.32. The van der Waals surface area contributed by atoms with Crippen molar-refractivity contribution >= 4 is 16.5 Å². The average molecular weight is 265 g/mol. The molecular formula is C14H23N3S. The highest BCUT2D eigenvalue weighted by Gasteiger charge is 2.27. The zero-order valence-electron chi connectivity index (χ0n) is 11.4. The van der Waals surface area contributed by atoms with E-state index in [-0.39, 0.29) is 0 Å². The smallest absolute Gasteiger partial charge is 0.185 e. The second kappa shape index (κ2) is 5.17. The molecule has 0 unspecified atom stereocenters. The second-order valence-electron chi connectivity index (χ2n) is 5.95. The molecule has 0 atom stereocenters. The molecule has 4 heteroatoms. The minimum Gasteiger partial charge on any atom is -0.345 e. The van der Waals surface area contributed by atoms with E-state index in [0.29, 0.717) is 6.04 Å². The van der Waals surface area contributed by atoms with Crippen LogP contribution in [-0.4, -0.2) is 23.6 Å². The number of hydrogen-bond donors (Lipinski definition) is 1. The maximum atomic E-state index is 4.62. The van der Waals surface area contributed by atoms with E-state index in [1.54, 1.807) is 0 Å². The molecule has 1 heterocycles. The Morgan fingerprint density at radius 2 is 2.17 bits per heavy atom. The molecule has 0 saturated heterocycles. The van der Waals surface area contributed by atoms with E-state index in [0.717, 1.165) is 18.5 Å². The largest absolute Gasteiger partial charge is 0.345 e. The fraction of sp³-hybridized carbons (Fsp3) is 0.786. The molecule has 2 aliphatic rings. The number of nitrogens with zero attached hydrogens (tertiary/aromatic N) is 2. The van der Waals surface area contributed by atoms with Crippen molar-refractivity contribution in [3.63, 3.8) is 0 Å². The lowest BCUT2D eigenvalue weighted by molar-refractivity contribution is 0.643. The number of aromatic nitrogens is 1. The molecule has 100 valence electrons. The van der Waals surface area contributed by atoms with Gasteiger partial charge in [-0.3, -0.25) is 0 Å². The predicted molar refractivity (Wildman–Crippen MR) is 77.2 cm³/mol. The molecule has 2 aliphatic carbocycles. The maximum Gasteiger partial charge on any atom is 0.185 e. The van der Waals surface area contributed by atoms with Crippen molar-refractivity contribution in [2.45, 2.75) is 58.2 Å². The van der Waals surface area contributed by atoms with Crippen LogP contribution >= 0.6 is 11.3 Å². The molecule has 0 bridgehead atoms. The van der Waals surface area contributed by atoms with Crippen molar-refractivity contribution in [3.05, 3.63) is 11.1 Å². The van der Waals surface area contributed by atoms with Gasteiger partial charge in [0.1, 0.15) is 0 Å². The Bertz CT molecular complexity index is 393. The second-order valence-corrected chi connectivity index (χ2v) is 7.05. The van der Waals surface area contributed by atoms with Crippen molar-refractivity contribution in [1.82, 2.24) is 10.3 Å². The monoisotopic (exact) mass is 265 g/mol. The van der Waals surface area contributed by atoms with Crippen LogP contribution in [0.2, 0.25) is 0 Å². The molecule has 3 rings (SSSR count). The van der Waals surface area contributed by atoms with Crippen molar-refractivity contribution in [2.75, 3.05) is 11.4 Å². The quantitative estimate of drug-likeness (QED) is 0.821. The Morgan fingerprint density at radius 3 is 2.78 bits per heavy atom. The highest BCUT2D eigenvalue weighted by molar-refractivity contribution is 7.15. The van der Waals surface area contributed by atoms with Crippen LogP contribution in [0.4, 0.5) is 5.13 Å². The van der Waals surface area contributed by atoms with Gasteiger partial charge in [-0.15, -0.1) is 11.3 Å². The summed E-state index contributed by atoms with van der Waals surface area (Å²) in [4.78, 5) is 8.47. The number of hydrogen-bond acceptors (Lipinski definition) is 4. The first-order valence-corrected chi connectivity index (χ1v) is 7.98. The molecule has 1 aromatic heterocycles. The van der Waals surface area contributed by atoms with E-state index in [4.69, 9.17) is 0 Å². The summed E-state index contributed by atoms with van der Waals surface area (Å²) in [5, 5.41) is 4.77. The van der Waals surface area contributed by atoms with E-state index in [9.17, 15) is 0 Å². The standard InChI is InChI=1S/C14H23N3S/c1-10(2)17(9-11-3-4-11)14-16-8-13(18-14)7-15-12-5-6-12/h8,10-12,15H,3-7,9H2,1-2H3. The zero-order valence-corrected chi connectivity index (χ0v) is 12.2. The summed E-state index contributed by atoms with van der Waals surface area (Å²) in [5.41, 5.74) is 0. The number of nitrogens with one attached hydrogen (secondary N) is 1. The lowest BCUT2D eigenvalue weighted by Gasteiger charge is -2.26. The summed E-state index contributed by atoms with van der Waals surface area (Å²) in [6, 6.07) is 1.34. The van der Waals surface area contributed by atoms with Crippen LogP contribution in [0.1, 0.15) is 44.4 Å². The topological polar surface area (TPSA) is 28.2 Å². The minimum absolute atomic E-state index is 0.556. The molecule has 3 nitrogen and oxygen atoms in total. The van der Waals surface area contributed by atoms with Crippen LogP contribution in [0.15, 0.2) is 6.20 Å². The van der Waals surface area contributed by atoms with Crippen LogP contribution < -0.4 is 10.2 Å². The van der Waals surface area contributed by atoms with Gasteiger partial charge in [-0.2, -0.15) is 0 Å². The number of rotatable bonds is 7. The van der Waals surface area contributed by atoms with E-state index in [1.807, 2.05) is 11.3 Å². The highest BCUT2D eigenvalue weighted by atomic mass is 32.1. The van der Waals surface area contributed by atoms with E-state index >= 15 is 0 Å².